The fourth-order valence-corrected chi connectivity index (χ4v) is 3.07. The zero-order chi connectivity index (χ0) is 13.7. The number of carbonyl (C=O) groups excluding carboxylic acids is 1. The molecule has 3 unspecified atom stereocenters. The molecule has 0 aromatic heterocycles. The van der Waals surface area contributed by atoms with Crippen LogP contribution >= 0.6 is 0 Å². The molecule has 0 aromatic carbocycles. The fourth-order valence-electron chi connectivity index (χ4n) is 3.07. The first-order chi connectivity index (χ1) is 8.43. The van der Waals surface area contributed by atoms with Gasteiger partial charge in [-0.15, -0.1) is 0 Å². The van der Waals surface area contributed by atoms with Gasteiger partial charge in [0.2, 0.25) is 5.91 Å². The molecule has 3 atom stereocenters. The summed E-state index contributed by atoms with van der Waals surface area (Å²) < 4.78 is 0. The second-order valence-corrected chi connectivity index (χ2v) is 6.50. The zero-order valence-electron chi connectivity index (χ0n) is 12.5. The molecule has 1 aliphatic heterocycles. The van der Waals surface area contributed by atoms with Crippen LogP contribution < -0.4 is 5.73 Å². The normalized spacial score (nSPS) is 26.4. The van der Waals surface area contributed by atoms with Crippen molar-refractivity contribution in [2.24, 2.45) is 23.5 Å². The van der Waals surface area contributed by atoms with Crippen molar-refractivity contribution in [2.75, 3.05) is 13.1 Å². The van der Waals surface area contributed by atoms with E-state index in [2.05, 4.69) is 32.6 Å². The van der Waals surface area contributed by atoms with Crippen molar-refractivity contribution < 1.29 is 4.79 Å². The second-order valence-electron chi connectivity index (χ2n) is 6.50. The Kier molecular flexibility index (Phi) is 6.13. The second kappa shape index (κ2) is 7.13. The van der Waals surface area contributed by atoms with Gasteiger partial charge in [-0.3, -0.25) is 4.79 Å². The summed E-state index contributed by atoms with van der Waals surface area (Å²) in [4.78, 5) is 14.4. The number of amides is 1. The monoisotopic (exact) mass is 254 g/mol. The maximum absolute atomic E-state index is 12.3. The summed E-state index contributed by atoms with van der Waals surface area (Å²) in [5, 5.41) is 0. The van der Waals surface area contributed by atoms with Crippen LogP contribution in [-0.2, 0) is 4.79 Å². The summed E-state index contributed by atoms with van der Waals surface area (Å²) in [5.74, 6) is 2.03. The van der Waals surface area contributed by atoms with Crippen molar-refractivity contribution in [3.63, 3.8) is 0 Å². The zero-order valence-corrected chi connectivity index (χ0v) is 12.5. The van der Waals surface area contributed by atoms with E-state index in [-0.39, 0.29) is 0 Å². The molecule has 0 radical (unpaired) electrons. The summed E-state index contributed by atoms with van der Waals surface area (Å²) in [5.41, 5.74) is 5.78. The van der Waals surface area contributed by atoms with E-state index in [0.29, 0.717) is 36.8 Å². The smallest absolute Gasteiger partial charge is 0.223 e. The number of carbonyl (C=O) groups is 1. The molecule has 0 aliphatic carbocycles. The van der Waals surface area contributed by atoms with Crippen LogP contribution in [0.15, 0.2) is 0 Å². The number of hydrogen-bond acceptors (Lipinski definition) is 2. The van der Waals surface area contributed by atoms with E-state index in [0.717, 1.165) is 31.7 Å². The van der Waals surface area contributed by atoms with E-state index in [1.807, 2.05) is 0 Å². The van der Waals surface area contributed by atoms with E-state index in [1.165, 1.54) is 0 Å². The highest BCUT2D eigenvalue weighted by atomic mass is 16.2. The Hall–Kier alpha value is -0.570. The van der Waals surface area contributed by atoms with Crippen molar-refractivity contribution in [3.8, 4) is 0 Å². The largest absolute Gasteiger partial charge is 0.340 e. The van der Waals surface area contributed by atoms with Gasteiger partial charge in [-0.05, 0) is 50.5 Å². The quantitative estimate of drug-likeness (QED) is 0.820. The number of likely N-dealkylation sites (tertiary alicyclic amines) is 1. The van der Waals surface area contributed by atoms with Crippen LogP contribution in [0.3, 0.4) is 0 Å². The molecule has 106 valence electrons. The third-order valence-electron chi connectivity index (χ3n) is 4.06. The van der Waals surface area contributed by atoms with E-state index < -0.39 is 0 Å². The van der Waals surface area contributed by atoms with Crippen LogP contribution in [-0.4, -0.2) is 29.9 Å². The van der Waals surface area contributed by atoms with Crippen LogP contribution in [0, 0.1) is 17.8 Å². The Labute approximate surface area is 112 Å². The number of nitrogens with zero attached hydrogens (tertiary/aromatic N) is 1. The molecular weight excluding hydrogens is 224 g/mol. The lowest BCUT2D eigenvalue weighted by Crippen LogP contribution is -2.45. The van der Waals surface area contributed by atoms with Gasteiger partial charge in [-0.1, -0.05) is 20.8 Å². The molecule has 1 amide bonds. The van der Waals surface area contributed by atoms with Crippen LogP contribution in [0.2, 0.25) is 0 Å². The molecule has 1 heterocycles. The third-order valence-corrected chi connectivity index (χ3v) is 4.06. The Bertz CT molecular complexity index is 265. The van der Waals surface area contributed by atoms with Crippen molar-refractivity contribution in [1.82, 2.24) is 4.90 Å². The molecule has 0 bridgehead atoms. The average molecular weight is 254 g/mol. The molecule has 1 saturated heterocycles. The average Bonchev–Trinajstić information content (AvgIpc) is 2.27. The summed E-state index contributed by atoms with van der Waals surface area (Å²) in [6.07, 6.45) is 3.98. The van der Waals surface area contributed by atoms with Gasteiger partial charge in [-0.25, -0.2) is 0 Å². The van der Waals surface area contributed by atoms with Gasteiger partial charge >= 0.3 is 0 Å². The van der Waals surface area contributed by atoms with Gasteiger partial charge in [0.15, 0.2) is 0 Å². The van der Waals surface area contributed by atoms with Gasteiger partial charge < -0.3 is 10.6 Å². The predicted octanol–water partition coefficient (Wildman–Crippen LogP) is 2.64. The molecule has 0 aromatic rings. The first kappa shape index (κ1) is 15.5. The van der Waals surface area contributed by atoms with Crippen LogP contribution in [0.5, 0.6) is 0 Å². The molecule has 18 heavy (non-hydrogen) atoms. The van der Waals surface area contributed by atoms with E-state index in [9.17, 15) is 4.79 Å². The standard InChI is InChI=1S/C15H30N2O/c1-11(2)7-14(10-16)9-15(18)17-6-5-12(3)8-13(17)4/h11-14H,5-10,16H2,1-4H3. The lowest BCUT2D eigenvalue weighted by molar-refractivity contribution is -0.136. The first-order valence-electron chi connectivity index (χ1n) is 7.43. The number of hydrogen-bond donors (Lipinski definition) is 1. The predicted molar refractivity (Wildman–Crippen MR) is 76.2 cm³/mol. The number of piperidine rings is 1. The summed E-state index contributed by atoms with van der Waals surface area (Å²) >= 11 is 0. The van der Waals surface area contributed by atoms with Gasteiger partial charge in [0.25, 0.3) is 0 Å². The van der Waals surface area contributed by atoms with Crippen molar-refractivity contribution >= 4 is 5.91 Å². The minimum atomic E-state index is 0.311. The highest BCUT2D eigenvalue weighted by Crippen LogP contribution is 2.24. The molecule has 2 N–H and O–H groups in total. The molecular formula is C15H30N2O. The number of rotatable bonds is 5. The Morgan fingerprint density at radius 3 is 2.56 bits per heavy atom. The summed E-state index contributed by atoms with van der Waals surface area (Å²) in [6.45, 7) is 10.4. The Balaban J connectivity index is 2.48. The fraction of sp³-hybridized carbons (Fsp3) is 0.933. The molecule has 1 aliphatic rings. The van der Waals surface area contributed by atoms with Crippen molar-refractivity contribution in [3.05, 3.63) is 0 Å². The van der Waals surface area contributed by atoms with Crippen molar-refractivity contribution in [2.45, 2.75) is 59.4 Å². The molecule has 0 spiro atoms. The summed E-state index contributed by atoms with van der Waals surface area (Å²) in [7, 11) is 0. The number of nitrogens with two attached hydrogens (primary N) is 1. The topological polar surface area (TPSA) is 46.3 Å². The van der Waals surface area contributed by atoms with E-state index >= 15 is 0 Å². The Morgan fingerprint density at radius 1 is 1.39 bits per heavy atom. The lowest BCUT2D eigenvalue weighted by atomic mass is 9.90. The minimum absolute atomic E-state index is 0.311. The minimum Gasteiger partial charge on any atom is -0.340 e. The maximum atomic E-state index is 12.3. The first-order valence-corrected chi connectivity index (χ1v) is 7.43. The van der Waals surface area contributed by atoms with Gasteiger partial charge in [-0.2, -0.15) is 0 Å². The molecule has 1 rings (SSSR count). The highest BCUT2D eigenvalue weighted by Gasteiger charge is 2.27. The van der Waals surface area contributed by atoms with E-state index in [4.69, 9.17) is 5.73 Å². The molecule has 1 fully saturated rings. The molecule has 3 heteroatoms. The Morgan fingerprint density at radius 2 is 2.06 bits per heavy atom. The van der Waals surface area contributed by atoms with Gasteiger partial charge in [0, 0.05) is 19.0 Å². The van der Waals surface area contributed by atoms with Crippen molar-refractivity contribution in [1.29, 1.82) is 0 Å². The van der Waals surface area contributed by atoms with E-state index in [1.54, 1.807) is 0 Å². The van der Waals surface area contributed by atoms with Crippen LogP contribution in [0.4, 0.5) is 0 Å². The molecule has 0 saturated carbocycles. The molecule has 3 nitrogen and oxygen atoms in total. The summed E-state index contributed by atoms with van der Waals surface area (Å²) in [6, 6.07) is 0.402. The van der Waals surface area contributed by atoms with Gasteiger partial charge in [0.05, 0.1) is 0 Å². The highest BCUT2D eigenvalue weighted by molar-refractivity contribution is 5.76. The SMILES string of the molecule is CC(C)CC(CN)CC(=O)N1CCC(C)CC1C. The van der Waals surface area contributed by atoms with Crippen LogP contribution in [0.25, 0.3) is 0 Å². The van der Waals surface area contributed by atoms with Gasteiger partial charge in [0.1, 0.15) is 0 Å². The lowest BCUT2D eigenvalue weighted by Gasteiger charge is -2.37. The maximum Gasteiger partial charge on any atom is 0.223 e. The van der Waals surface area contributed by atoms with Crippen LogP contribution in [0.1, 0.15) is 53.4 Å². The third kappa shape index (κ3) is 4.60.